The zero-order valence-electron chi connectivity index (χ0n) is 14.5. The molecule has 0 radical (unpaired) electrons. The van der Waals surface area contributed by atoms with Crippen LogP contribution in [-0.4, -0.2) is 74.1 Å². The third kappa shape index (κ3) is 6.76. The quantitative estimate of drug-likeness (QED) is 0.695. The topological polar surface area (TPSA) is 47.6 Å². The first-order valence-electron chi connectivity index (χ1n) is 8.36. The van der Waals surface area contributed by atoms with Crippen molar-refractivity contribution in [1.29, 1.82) is 0 Å². The summed E-state index contributed by atoms with van der Waals surface area (Å²) in [6, 6.07) is 0.834. The molecule has 21 heavy (non-hydrogen) atoms. The van der Waals surface area contributed by atoms with E-state index >= 15 is 0 Å². The Balaban J connectivity index is 2.35. The first-order valence-corrected chi connectivity index (χ1v) is 8.36. The number of piperazine rings is 1. The van der Waals surface area contributed by atoms with Crippen LogP contribution in [0.5, 0.6) is 0 Å². The molecule has 1 amide bonds. The van der Waals surface area contributed by atoms with E-state index in [1.165, 1.54) is 0 Å². The fourth-order valence-electron chi connectivity index (χ4n) is 2.63. The van der Waals surface area contributed by atoms with Crippen LogP contribution in [0.25, 0.3) is 0 Å². The largest absolute Gasteiger partial charge is 0.353 e. The van der Waals surface area contributed by atoms with Crippen molar-refractivity contribution in [1.82, 2.24) is 20.4 Å². The highest BCUT2D eigenvalue weighted by Gasteiger charge is 2.25. The number of rotatable bonds is 8. The van der Waals surface area contributed by atoms with Crippen LogP contribution >= 0.6 is 0 Å². The van der Waals surface area contributed by atoms with E-state index in [1.54, 1.807) is 0 Å². The molecule has 1 saturated heterocycles. The molecule has 1 heterocycles. The molecule has 0 saturated carbocycles. The number of carbonyl (C=O) groups is 1. The Morgan fingerprint density at radius 3 is 2.29 bits per heavy atom. The van der Waals surface area contributed by atoms with Crippen molar-refractivity contribution in [3.05, 3.63) is 0 Å². The van der Waals surface area contributed by atoms with Gasteiger partial charge in [0.2, 0.25) is 5.91 Å². The van der Waals surface area contributed by atoms with Crippen molar-refractivity contribution in [3.8, 4) is 0 Å². The number of hydrogen-bond donors (Lipinski definition) is 2. The van der Waals surface area contributed by atoms with E-state index in [4.69, 9.17) is 0 Å². The molecule has 1 aliphatic heterocycles. The van der Waals surface area contributed by atoms with Crippen LogP contribution in [0.4, 0.5) is 0 Å². The number of carbonyl (C=O) groups excluding carboxylic acids is 1. The third-order valence-electron chi connectivity index (χ3n) is 4.51. The molecule has 2 unspecified atom stereocenters. The van der Waals surface area contributed by atoms with Gasteiger partial charge in [0, 0.05) is 44.8 Å². The van der Waals surface area contributed by atoms with Crippen molar-refractivity contribution in [3.63, 3.8) is 0 Å². The van der Waals surface area contributed by atoms with Crippen LogP contribution in [0.2, 0.25) is 0 Å². The third-order valence-corrected chi connectivity index (χ3v) is 4.51. The Kier molecular flexibility index (Phi) is 8.22. The number of nitrogens with zero attached hydrogens (tertiary/aromatic N) is 2. The number of amides is 1. The van der Waals surface area contributed by atoms with Gasteiger partial charge in [-0.25, -0.2) is 0 Å². The van der Waals surface area contributed by atoms with Crippen LogP contribution in [0.3, 0.4) is 0 Å². The van der Waals surface area contributed by atoms with Crippen LogP contribution in [-0.2, 0) is 4.79 Å². The molecule has 0 aromatic carbocycles. The predicted octanol–water partition coefficient (Wildman–Crippen LogP) is 0.763. The molecule has 1 rings (SSSR count). The summed E-state index contributed by atoms with van der Waals surface area (Å²) in [6.07, 6.45) is 1.04. The lowest BCUT2D eigenvalue weighted by atomic mass is 10.0. The standard InChI is InChI=1S/C16H34N4O/c1-6-14(4)17-12-16(21)18-11-15(13(2)3)20-9-7-19(5)8-10-20/h13-15,17H,6-12H2,1-5H3,(H,18,21). The van der Waals surface area contributed by atoms with Crippen molar-refractivity contribution in [2.24, 2.45) is 5.92 Å². The summed E-state index contributed by atoms with van der Waals surface area (Å²) < 4.78 is 0. The van der Waals surface area contributed by atoms with Gasteiger partial charge in [-0.3, -0.25) is 9.69 Å². The Bertz CT molecular complexity index is 301. The average Bonchev–Trinajstić information content (AvgIpc) is 2.46. The van der Waals surface area contributed by atoms with Gasteiger partial charge in [-0.05, 0) is 26.3 Å². The minimum Gasteiger partial charge on any atom is -0.353 e. The first kappa shape index (κ1) is 18.4. The van der Waals surface area contributed by atoms with Crippen LogP contribution in [0.1, 0.15) is 34.1 Å². The van der Waals surface area contributed by atoms with Gasteiger partial charge in [0.15, 0.2) is 0 Å². The zero-order chi connectivity index (χ0) is 15.8. The molecule has 124 valence electrons. The van der Waals surface area contributed by atoms with E-state index in [0.29, 0.717) is 24.5 Å². The maximum absolute atomic E-state index is 11.9. The minimum atomic E-state index is 0.107. The van der Waals surface area contributed by atoms with Gasteiger partial charge in [0.25, 0.3) is 0 Å². The molecule has 1 aliphatic rings. The number of likely N-dealkylation sites (N-methyl/N-ethyl adjacent to an activating group) is 1. The highest BCUT2D eigenvalue weighted by molar-refractivity contribution is 5.78. The Labute approximate surface area is 130 Å². The van der Waals surface area contributed by atoms with Crippen molar-refractivity contribution in [2.45, 2.75) is 46.2 Å². The summed E-state index contributed by atoms with van der Waals surface area (Å²) in [6.45, 7) is 14.3. The van der Waals surface area contributed by atoms with Gasteiger partial charge in [-0.1, -0.05) is 20.8 Å². The summed E-state index contributed by atoms with van der Waals surface area (Å²) in [5.41, 5.74) is 0. The second-order valence-corrected chi connectivity index (χ2v) is 6.64. The lowest BCUT2D eigenvalue weighted by Gasteiger charge is -2.40. The van der Waals surface area contributed by atoms with E-state index in [0.717, 1.165) is 39.1 Å². The molecule has 0 aromatic rings. The van der Waals surface area contributed by atoms with Crippen molar-refractivity contribution in [2.75, 3.05) is 46.3 Å². The van der Waals surface area contributed by atoms with E-state index in [1.807, 2.05) is 0 Å². The Hall–Kier alpha value is -0.650. The van der Waals surface area contributed by atoms with Crippen LogP contribution in [0.15, 0.2) is 0 Å². The number of nitrogens with one attached hydrogen (secondary N) is 2. The zero-order valence-corrected chi connectivity index (χ0v) is 14.5. The monoisotopic (exact) mass is 298 g/mol. The molecule has 0 aliphatic carbocycles. The van der Waals surface area contributed by atoms with E-state index in [9.17, 15) is 4.79 Å². The van der Waals surface area contributed by atoms with E-state index in [2.05, 4.69) is 55.2 Å². The smallest absolute Gasteiger partial charge is 0.234 e. The lowest BCUT2D eigenvalue weighted by Crippen LogP contribution is -2.54. The normalized spacial score (nSPS) is 20.5. The van der Waals surface area contributed by atoms with Gasteiger partial charge in [0.1, 0.15) is 0 Å². The Morgan fingerprint density at radius 1 is 1.14 bits per heavy atom. The van der Waals surface area contributed by atoms with Gasteiger partial charge < -0.3 is 15.5 Å². The summed E-state index contributed by atoms with van der Waals surface area (Å²) in [5, 5.41) is 6.33. The molecule has 2 N–H and O–H groups in total. The fourth-order valence-corrected chi connectivity index (χ4v) is 2.63. The molecule has 0 spiro atoms. The highest BCUT2D eigenvalue weighted by Crippen LogP contribution is 2.12. The van der Waals surface area contributed by atoms with E-state index in [-0.39, 0.29) is 5.91 Å². The predicted molar refractivity (Wildman–Crippen MR) is 88.5 cm³/mol. The van der Waals surface area contributed by atoms with Gasteiger partial charge in [-0.2, -0.15) is 0 Å². The average molecular weight is 298 g/mol. The molecule has 0 bridgehead atoms. The number of hydrogen-bond acceptors (Lipinski definition) is 4. The van der Waals surface area contributed by atoms with E-state index < -0.39 is 0 Å². The molecular formula is C16H34N4O. The molecule has 1 fully saturated rings. The summed E-state index contributed by atoms with van der Waals surface area (Å²) in [4.78, 5) is 16.8. The van der Waals surface area contributed by atoms with Crippen LogP contribution < -0.4 is 10.6 Å². The second-order valence-electron chi connectivity index (χ2n) is 6.64. The SMILES string of the molecule is CCC(C)NCC(=O)NCC(C(C)C)N1CCN(C)CC1. The maximum Gasteiger partial charge on any atom is 0.234 e. The fraction of sp³-hybridized carbons (Fsp3) is 0.938. The first-order chi connectivity index (χ1) is 9.93. The summed E-state index contributed by atoms with van der Waals surface area (Å²) in [7, 11) is 2.17. The van der Waals surface area contributed by atoms with Crippen molar-refractivity contribution < 1.29 is 4.79 Å². The maximum atomic E-state index is 11.9. The second kappa shape index (κ2) is 9.38. The molecule has 5 nitrogen and oxygen atoms in total. The lowest BCUT2D eigenvalue weighted by molar-refractivity contribution is -0.120. The van der Waals surface area contributed by atoms with Crippen LogP contribution in [0, 0.1) is 5.92 Å². The minimum absolute atomic E-state index is 0.107. The van der Waals surface area contributed by atoms with Gasteiger partial charge in [-0.15, -0.1) is 0 Å². The highest BCUT2D eigenvalue weighted by atomic mass is 16.1. The van der Waals surface area contributed by atoms with Crippen molar-refractivity contribution >= 4 is 5.91 Å². The van der Waals surface area contributed by atoms with Gasteiger partial charge in [0.05, 0.1) is 6.54 Å². The Morgan fingerprint density at radius 2 is 1.76 bits per heavy atom. The molecule has 2 atom stereocenters. The molecular weight excluding hydrogens is 264 g/mol. The molecule has 0 aromatic heterocycles. The van der Waals surface area contributed by atoms with Gasteiger partial charge >= 0.3 is 0 Å². The summed E-state index contributed by atoms with van der Waals surface area (Å²) in [5.74, 6) is 0.659. The molecule has 5 heteroatoms. The summed E-state index contributed by atoms with van der Waals surface area (Å²) >= 11 is 0.